The van der Waals surface area contributed by atoms with Crippen LogP contribution in [0.15, 0.2) is 35.3 Å². The van der Waals surface area contributed by atoms with E-state index in [1.807, 2.05) is 13.1 Å². The van der Waals surface area contributed by atoms with Crippen molar-refractivity contribution in [3.8, 4) is 0 Å². The number of benzene rings is 1. The van der Waals surface area contributed by atoms with Crippen molar-refractivity contribution >= 4 is 5.96 Å². The number of nitrogens with one attached hydrogen (secondary N) is 1. The summed E-state index contributed by atoms with van der Waals surface area (Å²) in [5, 5.41) is 3.36. The van der Waals surface area contributed by atoms with Crippen LogP contribution in [-0.2, 0) is 6.54 Å². The molecule has 17 heavy (non-hydrogen) atoms. The third kappa shape index (κ3) is 4.89. The molecule has 0 saturated carbocycles. The first-order valence-corrected chi connectivity index (χ1v) is 6.09. The summed E-state index contributed by atoms with van der Waals surface area (Å²) in [6.45, 7) is 6.21. The van der Waals surface area contributed by atoms with Crippen LogP contribution in [0.3, 0.4) is 0 Å². The largest absolute Gasteiger partial charge is 0.356 e. The van der Waals surface area contributed by atoms with Gasteiger partial charge in [-0.25, -0.2) is 0 Å². The molecule has 0 aliphatic rings. The lowest BCUT2D eigenvalue weighted by atomic mass is 10.2. The molecular formula is C14H23N3. The number of rotatable bonds is 4. The first-order valence-electron chi connectivity index (χ1n) is 6.09. The molecule has 94 valence electrons. The summed E-state index contributed by atoms with van der Waals surface area (Å²) in [5.74, 6) is 1.57. The van der Waals surface area contributed by atoms with E-state index in [4.69, 9.17) is 0 Å². The molecule has 0 atom stereocenters. The predicted molar refractivity (Wildman–Crippen MR) is 74.1 cm³/mol. The Labute approximate surface area is 105 Å². The molecule has 0 heterocycles. The first-order chi connectivity index (χ1) is 8.13. The highest BCUT2D eigenvalue weighted by Crippen LogP contribution is 2.02. The summed E-state index contributed by atoms with van der Waals surface area (Å²) in [6, 6.07) is 10.4. The Hall–Kier alpha value is -1.51. The maximum Gasteiger partial charge on any atom is 0.193 e. The van der Waals surface area contributed by atoms with Crippen molar-refractivity contribution < 1.29 is 0 Å². The second-order valence-corrected chi connectivity index (χ2v) is 4.66. The van der Waals surface area contributed by atoms with E-state index in [0.717, 1.165) is 19.0 Å². The lowest BCUT2D eigenvalue weighted by molar-refractivity contribution is 0.468. The number of hydrogen-bond donors (Lipinski definition) is 1. The fourth-order valence-corrected chi connectivity index (χ4v) is 1.61. The van der Waals surface area contributed by atoms with Crippen LogP contribution in [0.5, 0.6) is 0 Å². The van der Waals surface area contributed by atoms with Crippen molar-refractivity contribution in [2.24, 2.45) is 10.9 Å². The van der Waals surface area contributed by atoms with Gasteiger partial charge in [0.1, 0.15) is 0 Å². The summed E-state index contributed by atoms with van der Waals surface area (Å²) < 4.78 is 0. The highest BCUT2D eigenvalue weighted by atomic mass is 15.3. The smallest absolute Gasteiger partial charge is 0.193 e. The van der Waals surface area contributed by atoms with E-state index in [-0.39, 0.29) is 0 Å². The average Bonchev–Trinajstić information content (AvgIpc) is 2.30. The zero-order valence-corrected chi connectivity index (χ0v) is 11.3. The van der Waals surface area contributed by atoms with Gasteiger partial charge < -0.3 is 10.2 Å². The lowest BCUT2D eigenvalue weighted by Crippen LogP contribution is -2.40. The number of aliphatic imine (C=N–C) groups is 1. The fraction of sp³-hybridized carbons (Fsp3) is 0.500. The maximum absolute atomic E-state index is 4.29. The molecule has 3 nitrogen and oxygen atoms in total. The molecule has 0 saturated heterocycles. The van der Waals surface area contributed by atoms with E-state index in [2.05, 4.69) is 60.4 Å². The van der Waals surface area contributed by atoms with Gasteiger partial charge in [0.15, 0.2) is 5.96 Å². The average molecular weight is 233 g/mol. The van der Waals surface area contributed by atoms with E-state index >= 15 is 0 Å². The minimum Gasteiger partial charge on any atom is -0.356 e. The van der Waals surface area contributed by atoms with Gasteiger partial charge in [0, 0.05) is 27.2 Å². The topological polar surface area (TPSA) is 27.6 Å². The third-order valence-electron chi connectivity index (χ3n) is 2.50. The molecule has 0 unspecified atom stereocenters. The van der Waals surface area contributed by atoms with Crippen LogP contribution < -0.4 is 5.32 Å². The van der Waals surface area contributed by atoms with Gasteiger partial charge in [-0.2, -0.15) is 0 Å². The van der Waals surface area contributed by atoms with Gasteiger partial charge in [0.25, 0.3) is 0 Å². The zero-order chi connectivity index (χ0) is 12.7. The first kappa shape index (κ1) is 13.6. The monoisotopic (exact) mass is 233 g/mol. The summed E-state index contributed by atoms with van der Waals surface area (Å²) in [5.41, 5.74) is 1.29. The van der Waals surface area contributed by atoms with Gasteiger partial charge in [-0.05, 0) is 11.5 Å². The van der Waals surface area contributed by atoms with Crippen LogP contribution in [0.4, 0.5) is 0 Å². The van der Waals surface area contributed by atoms with E-state index < -0.39 is 0 Å². The zero-order valence-electron chi connectivity index (χ0n) is 11.3. The van der Waals surface area contributed by atoms with Crippen LogP contribution in [-0.4, -0.2) is 31.5 Å². The van der Waals surface area contributed by atoms with Crippen molar-refractivity contribution in [1.29, 1.82) is 0 Å². The fourth-order valence-electron chi connectivity index (χ4n) is 1.61. The van der Waals surface area contributed by atoms with Crippen LogP contribution in [0.25, 0.3) is 0 Å². The predicted octanol–water partition coefficient (Wildman–Crippen LogP) is 2.35. The Morgan fingerprint density at radius 1 is 1.29 bits per heavy atom. The molecule has 0 fully saturated rings. The van der Waals surface area contributed by atoms with Gasteiger partial charge in [-0.3, -0.25) is 4.99 Å². The molecule has 3 heteroatoms. The molecule has 0 aliphatic heterocycles. The van der Waals surface area contributed by atoms with E-state index in [1.54, 1.807) is 0 Å². The highest BCUT2D eigenvalue weighted by Gasteiger charge is 2.06. The van der Waals surface area contributed by atoms with Crippen molar-refractivity contribution in [2.75, 3.05) is 20.6 Å². The van der Waals surface area contributed by atoms with Crippen molar-refractivity contribution in [3.63, 3.8) is 0 Å². The molecule has 0 bridgehead atoms. The standard InChI is InChI=1S/C14H23N3/c1-12(2)10-16-14(15-3)17(4)11-13-8-6-5-7-9-13/h5-9,12H,10-11H2,1-4H3,(H,15,16). The molecule has 0 amide bonds. The normalized spacial score (nSPS) is 11.7. The quantitative estimate of drug-likeness (QED) is 0.638. The van der Waals surface area contributed by atoms with E-state index in [1.165, 1.54) is 5.56 Å². The minimum absolute atomic E-state index is 0.622. The van der Waals surface area contributed by atoms with Crippen molar-refractivity contribution in [2.45, 2.75) is 20.4 Å². The maximum atomic E-state index is 4.29. The molecular weight excluding hydrogens is 210 g/mol. The summed E-state index contributed by atoms with van der Waals surface area (Å²) in [6.07, 6.45) is 0. The second-order valence-electron chi connectivity index (χ2n) is 4.66. The van der Waals surface area contributed by atoms with Crippen LogP contribution >= 0.6 is 0 Å². The summed E-state index contributed by atoms with van der Waals surface area (Å²) in [7, 11) is 3.88. The van der Waals surface area contributed by atoms with E-state index in [9.17, 15) is 0 Å². The van der Waals surface area contributed by atoms with E-state index in [0.29, 0.717) is 5.92 Å². The van der Waals surface area contributed by atoms with Gasteiger partial charge >= 0.3 is 0 Å². The molecule has 0 spiro atoms. The molecule has 0 radical (unpaired) electrons. The third-order valence-corrected chi connectivity index (χ3v) is 2.50. The minimum atomic E-state index is 0.622. The Morgan fingerprint density at radius 2 is 1.94 bits per heavy atom. The van der Waals surface area contributed by atoms with Crippen LogP contribution in [0.1, 0.15) is 19.4 Å². The lowest BCUT2D eigenvalue weighted by Gasteiger charge is -2.22. The van der Waals surface area contributed by atoms with Crippen LogP contribution in [0.2, 0.25) is 0 Å². The SMILES string of the molecule is CN=C(NCC(C)C)N(C)Cc1ccccc1. The van der Waals surface area contributed by atoms with Gasteiger partial charge in [0.05, 0.1) is 0 Å². The van der Waals surface area contributed by atoms with Gasteiger partial charge in [0.2, 0.25) is 0 Å². The number of guanidine groups is 1. The highest BCUT2D eigenvalue weighted by molar-refractivity contribution is 5.79. The van der Waals surface area contributed by atoms with Gasteiger partial charge in [-0.1, -0.05) is 44.2 Å². The van der Waals surface area contributed by atoms with Gasteiger partial charge in [-0.15, -0.1) is 0 Å². The Kier molecular flexibility index (Phi) is 5.53. The molecule has 1 rings (SSSR count). The summed E-state index contributed by atoms with van der Waals surface area (Å²) in [4.78, 5) is 6.42. The Bertz CT molecular complexity index is 344. The van der Waals surface area contributed by atoms with Crippen LogP contribution in [0, 0.1) is 5.92 Å². The molecule has 1 aromatic carbocycles. The molecule has 0 aromatic heterocycles. The Morgan fingerprint density at radius 3 is 2.47 bits per heavy atom. The second kappa shape index (κ2) is 6.94. The molecule has 1 aromatic rings. The number of nitrogens with zero attached hydrogens (tertiary/aromatic N) is 2. The Balaban J connectivity index is 2.53. The molecule has 1 N–H and O–H groups in total. The van der Waals surface area contributed by atoms with Crippen molar-refractivity contribution in [1.82, 2.24) is 10.2 Å². The van der Waals surface area contributed by atoms with Crippen molar-refractivity contribution in [3.05, 3.63) is 35.9 Å². The number of hydrogen-bond acceptors (Lipinski definition) is 1. The summed E-state index contributed by atoms with van der Waals surface area (Å²) >= 11 is 0. The molecule has 0 aliphatic carbocycles.